The summed E-state index contributed by atoms with van der Waals surface area (Å²) in [5, 5.41) is 3.35. The van der Waals surface area contributed by atoms with Gasteiger partial charge in [0.05, 0.1) is 12.4 Å². The highest BCUT2D eigenvalue weighted by atomic mass is 32.2. The molecule has 0 aliphatic carbocycles. The van der Waals surface area contributed by atoms with Gasteiger partial charge in [0.15, 0.2) is 9.84 Å². The molecular weight excluding hydrogens is 252 g/mol. The van der Waals surface area contributed by atoms with E-state index in [0.717, 1.165) is 32.7 Å². The average molecular weight is 278 g/mol. The lowest BCUT2D eigenvalue weighted by atomic mass is 10.2. The molecule has 0 aromatic carbocycles. The minimum absolute atomic E-state index is 0.248. The van der Waals surface area contributed by atoms with E-state index in [0.29, 0.717) is 12.6 Å². The summed E-state index contributed by atoms with van der Waals surface area (Å²) in [6, 6.07) is 0.480. The Morgan fingerprint density at radius 3 is 2.89 bits per heavy atom. The molecule has 0 amide bonds. The Bertz CT molecular complexity index is 319. The van der Waals surface area contributed by atoms with Crippen LogP contribution in [-0.2, 0) is 14.6 Å². The zero-order valence-electron chi connectivity index (χ0n) is 11.5. The third-order valence-electron chi connectivity index (χ3n) is 3.49. The molecule has 1 aliphatic rings. The van der Waals surface area contributed by atoms with Crippen molar-refractivity contribution < 1.29 is 13.2 Å². The van der Waals surface area contributed by atoms with Gasteiger partial charge in [0.2, 0.25) is 0 Å². The van der Waals surface area contributed by atoms with Crippen LogP contribution >= 0.6 is 0 Å². The third kappa shape index (κ3) is 5.65. The summed E-state index contributed by atoms with van der Waals surface area (Å²) < 4.78 is 28.0. The molecule has 108 valence electrons. The zero-order chi connectivity index (χ0) is 13.4. The van der Waals surface area contributed by atoms with Gasteiger partial charge >= 0.3 is 0 Å². The normalized spacial score (nSPS) is 21.6. The monoisotopic (exact) mass is 278 g/mol. The molecular formula is C12H26N2O3S. The fourth-order valence-electron chi connectivity index (χ4n) is 2.26. The molecule has 1 aliphatic heterocycles. The first kappa shape index (κ1) is 15.9. The zero-order valence-corrected chi connectivity index (χ0v) is 12.3. The lowest BCUT2D eigenvalue weighted by Crippen LogP contribution is -2.41. The first-order chi connectivity index (χ1) is 8.59. The van der Waals surface area contributed by atoms with Crippen molar-refractivity contribution in [3.63, 3.8) is 0 Å². The van der Waals surface area contributed by atoms with E-state index in [1.165, 1.54) is 6.42 Å². The first-order valence-electron chi connectivity index (χ1n) is 6.73. The standard InChI is InChI=1S/C12H26N2O3S/c1-3-18(15,16)10-8-14-7-4-5-12(14)11-13-6-9-17-2/h12-13H,3-11H2,1-2H3. The Morgan fingerprint density at radius 1 is 1.44 bits per heavy atom. The average Bonchev–Trinajstić information content (AvgIpc) is 2.80. The number of sulfone groups is 1. The van der Waals surface area contributed by atoms with Crippen molar-refractivity contribution in [2.45, 2.75) is 25.8 Å². The van der Waals surface area contributed by atoms with Gasteiger partial charge in [-0.15, -0.1) is 0 Å². The summed E-state index contributed by atoms with van der Waals surface area (Å²) in [7, 11) is -1.15. The number of ether oxygens (including phenoxy) is 1. The van der Waals surface area contributed by atoms with E-state index >= 15 is 0 Å². The number of hydrogen-bond donors (Lipinski definition) is 1. The van der Waals surface area contributed by atoms with Gasteiger partial charge in [0, 0.05) is 38.5 Å². The maximum absolute atomic E-state index is 11.5. The molecule has 0 spiro atoms. The van der Waals surface area contributed by atoms with Crippen molar-refractivity contribution in [3.8, 4) is 0 Å². The van der Waals surface area contributed by atoms with Crippen molar-refractivity contribution in [3.05, 3.63) is 0 Å². The lowest BCUT2D eigenvalue weighted by Gasteiger charge is -2.24. The van der Waals surface area contributed by atoms with Gasteiger partial charge in [0.25, 0.3) is 0 Å². The summed E-state index contributed by atoms with van der Waals surface area (Å²) in [4.78, 5) is 2.30. The van der Waals surface area contributed by atoms with E-state index < -0.39 is 9.84 Å². The van der Waals surface area contributed by atoms with Crippen LogP contribution in [0.5, 0.6) is 0 Å². The van der Waals surface area contributed by atoms with Crippen LogP contribution < -0.4 is 5.32 Å². The maximum Gasteiger partial charge on any atom is 0.151 e. The number of rotatable bonds is 9. The summed E-state index contributed by atoms with van der Waals surface area (Å²) in [6.07, 6.45) is 2.33. The molecule has 1 fully saturated rings. The van der Waals surface area contributed by atoms with Crippen LogP contribution in [0.4, 0.5) is 0 Å². The molecule has 0 saturated carbocycles. The summed E-state index contributed by atoms with van der Waals surface area (Å²) >= 11 is 0. The Kier molecular flexibility index (Phi) is 7.14. The Labute approximate surface area is 111 Å². The van der Waals surface area contributed by atoms with E-state index in [2.05, 4.69) is 10.2 Å². The number of methoxy groups -OCH3 is 1. The molecule has 1 saturated heterocycles. The first-order valence-corrected chi connectivity index (χ1v) is 8.55. The van der Waals surface area contributed by atoms with Crippen LogP contribution in [0.1, 0.15) is 19.8 Å². The van der Waals surface area contributed by atoms with Crippen LogP contribution in [0.25, 0.3) is 0 Å². The van der Waals surface area contributed by atoms with E-state index in [1.807, 2.05) is 0 Å². The van der Waals surface area contributed by atoms with Gasteiger partial charge in [-0.3, -0.25) is 4.90 Å². The second-order valence-electron chi connectivity index (χ2n) is 4.77. The smallest absolute Gasteiger partial charge is 0.151 e. The van der Waals surface area contributed by atoms with E-state index in [9.17, 15) is 8.42 Å². The molecule has 1 atom stereocenters. The Hall–Kier alpha value is -0.170. The number of nitrogens with zero attached hydrogens (tertiary/aromatic N) is 1. The van der Waals surface area contributed by atoms with Crippen LogP contribution in [0, 0.1) is 0 Å². The van der Waals surface area contributed by atoms with Gasteiger partial charge in [-0.1, -0.05) is 6.92 Å². The molecule has 0 radical (unpaired) electrons. The van der Waals surface area contributed by atoms with Crippen molar-refractivity contribution >= 4 is 9.84 Å². The van der Waals surface area contributed by atoms with Crippen LogP contribution in [0.3, 0.4) is 0 Å². The predicted molar refractivity (Wildman–Crippen MR) is 73.7 cm³/mol. The molecule has 5 nitrogen and oxygen atoms in total. The topological polar surface area (TPSA) is 58.6 Å². The second kappa shape index (κ2) is 8.09. The molecule has 0 aromatic heterocycles. The molecule has 1 unspecified atom stereocenters. The van der Waals surface area contributed by atoms with Crippen LogP contribution in [0.2, 0.25) is 0 Å². The quantitative estimate of drug-likeness (QED) is 0.607. The minimum Gasteiger partial charge on any atom is -0.383 e. The van der Waals surface area contributed by atoms with Crippen molar-refractivity contribution in [1.82, 2.24) is 10.2 Å². The lowest BCUT2D eigenvalue weighted by molar-refractivity contribution is 0.193. The number of nitrogens with one attached hydrogen (secondary N) is 1. The van der Waals surface area contributed by atoms with Gasteiger partial charge in [0.1, 0.15) is 0 Å². The van der Waals surface area contributed by atoms with Crippen molar-refractivity contribution in [2.24, 2.45) is 0 Å². The number of hydrogen-bond acceptors (Lipinski definition) is 5. The highest BCUT2D eigenvalue weighted by Gasteiger charge is 2.24. The third-order valence-corrected chi connectivity index (χ3v) is 5.18. The summed E-state index contributed by atoms with van der Waals surface area (Å²) in [5.74, 6) is 0.537. The SMILES string of the molecule is CCS(=O)(=O)CCN1CCCC1CNCCOC. The molecule has 1 rings (SSSR count). The second-order valence-corrected chi connectivity index (χ2v) is 7.24. The number of likely N-dealkylation sites (tertiary alicyclic amines) is 1. The molecule has 6 heteroatoms. The molecule has 1 N–H and O–H groups in total. The van der Waals surface area contributed by atoms with Crippen molar-refractivity contribution in [1.29, 1.82) is 0 Å². The summed E-state index contributed by atoms with van der Waals surface area (Å²) in [5.41, 5.74) is 0. The van der Waals surface area contributed by atoms with Crippen LogP contribution in [0.15, 0.2) is 0 Å². The van der Waals surface area contributed by atoms with Gasteiger partial charge in [-0.2, -0.15) is 0 Å². The fraction of sp³-hybridized carbons (Fsp3) is 1.00. The summed E-state index contributed by atoms with van der Waals surface area (Å²) in [6.45, 7) is 5.91. The largest absolute Gasteiger partial charge is 0.383 e. The predicted octanol–water partition coefficient (Wildman–Crippen LogP) is 0.122. The highest BCUT2D eigenvalue weighted by Crippen LogP contribution is 2.16. The Morgan fingerprint density at radius 2 is 2.22 bits per heavy atom. The Balaban J connectivity index is 2.27. The maximum atomic E-state index is 11.5. The molecule has 0 aromatic rings. The van der Waals surface area contributed by atoms with Gasteiger partial charge < -0.3 is 10.1 Å². The van der Waals surface area contributed by atoms with Gasteiger partial charge in [-0.05, 0) is 19.4 Å². The van der Waals surface area contributed by atoms with E-state index in [1.54, 1.807) is 14.0 Å². The highest BCUT2D eigenvalue weighted by molar-refractivity contribution is 7.91. The van der Waals surface area contributed by atoms with E-state index in [4.69, 9.17) is 4.74 Å². The molecule has 18 heavy (non-hydrogen) atoms. The van der Waals surface area contributed by atoms with Gasteiger partial charge in [-0.25, -0.2) is 8.42 Å². The fourth-order valence-corrected chi connectivity index (χ4v) is 3.07. The van der Waals surface area contributed by atoms with E-state index in [-0.39, 0.29) is 11.5 Å². The molecule has 0 bridgehead atoms. The van der Waals surface area contributed by atoms with Crippen molar-refractivity contribution in [2.75, 3.05) is 51.4 Å². The molecule has 1 heterocycles. The van der Waals surface area contributed by atoms with Crippen LogP contribution in [-0.4, -0.2) is 70.8 Å². The minimum atomic E-state index is -2.84.